The predicted octanol–water partition coefficient (Wildman–Crippen LogP) is 1.36. The minimum Gasteiger partial charge on any atom is -0.352 e. The Kier molecular flexibility index (Phi) is 4.27. The maximum absolute atomic E-state index is 12.1. The van der Waals surface area contributed by atoms with Crippen LogP contribution in [0.5, 0.6) is 0 Å². The van der Waals surface area contributed by atoms with Gasteiger partial charge < -0.3 is 10.6 Å². The smallest absolute Gasteiger partial charge is 0.238 e. The zero-order valence-electron chi connectivity index (χ0n) is 13.0. The van der Waals surface area contributed by atoms with Gasteiger partial charge in [-0.2, -0.15) is 0 Å². The number of hydrogen-bond donors (Lipinski definition) is 2. The molecule has 1 heterocycles. The second-order valence-electron chi connectivity index (χ2n) is 6.44. The zero-order valence-corrected chi connectivity index (χ0v) is 13.0. The van der Waals surface area contributed by atoms with Crippen molar-refractivity contribution in [3.63, 3.8) is 0 Å². The Morgan fingerprint density at radius 2 is 2.14 bits per heavy atom. The van der Waals surface area contributed by atoms with Gasteiger partial charge in [0.15, 0.2) is 0 Å². The lowest BCUT2D eigenvalue weighted by molar-refractivity contribution is -0.124. The van der Waals surface area contributed by atoms with Gasteiger partial charge >= 0.3 is 0 Å². The topological polar surface area (TPSA) is 44.4 Å². The van der Waals surface area contributed by atoms with Crippen LogP contribution in [0.1, 0.15) is 29.5 Å². The van der Waals surface area contributed by atoms with E-state index in [1.807, 2.05) is 0 Å². The average Bonchev–Trinajstić information content (AvgIpc) is 3.27. The van der Waals surface area contributed by atoms with Gasteiger partial charge in [0.1, 0.15) is 0 Å². The molecule has 2 aliphatic rings. The number of amides is 1. The molecule has 0 bridgehead atoms. The molecule has 2 fully saturated rings. The van der Waals surface area contributed by atoms with E-state index in [1.54, 1.807) is 0 Å². The molecule has 1 atom stereocenters. The molecule has 1 aromatic rings. The standard InChI is InChI=1S/C17H25N3O/c1-12-3-4-14(9-13(12)2)10-20-8-7-18-16(11-20)17(21)19-15-5-6-15/h3-4,9,15-16,18H,5-8,10-11H2,1-2H3,(H,19,21)/t16-/m0/s1. The Labute approximate surface area is 126 Å². The Hall–Kier alpha value is -1.39. The van der Waals surface area contributed by atoms with E-state index < -0.39 is 0 Å². The number of carbonyl (C=O) groups is 1. The first-order chi connectivity index (χ1) is 10.1. The summed E-state index contributed by atoms with van der Waals surface area (Å²) in [6.07, 6.45) is 2.29. The van der Waals surface area contributed by atoms with Crippen LogP contribution in [0.4, 0.5) is 0 Å². The summed E-state index contributed by atoms with van der Waals surface area (Å²) < 4.78 is 0. The molecule has 2 N–H and O–H groups in total. The molecule has 0 unspecified atom stereocenters. The molecular formula is C17H25N3O. The first-order valence-corrected chi connectivity index (χ1v) is 7.94. The van der Waals surface area contributed by atoms with E-state index >= 15 is 0 Å². The minimum absolute atomic E-state index is 0.0640. The molecule has 114 valence electrons. The van der Waals surface area contributed by atoms with Crippen LogP contribution in [0.15, 0.2) is 18.2 Å². The van der Waals surface area contributed by atoms with Crippen molar-refractivity contribution in [1.82, 2.24) is 15.5 Å². The minimum atomic E-state index is -0.0640. The lowest BCUT2D eigenvalue weighted by atomic mass is 10.1. The lowest BCUT2D eigenvalue weighted by Crippen LogP contribution is -2.57. The summed E-state index contributed by atoms with van der Waals surface area (Å²) in [5.74, 6) is 0.169. The average molecular weight is 287 g/mol. The van der Waals surface area contributed by atoms with Crippen molar-refractivity contribution in [1.29, 1.82) is 0 Å². The van der Waals surface area contributed by atoms with E-state index in [2.05, 4.69) is 47.6 Å². The van der Waals surface area contributed by atoms with Gasteiger partial charge in [-0.1, -0.05) is 18.2 Å². The summed E-state index contributed by atoms with van der Waals surface area (Å²) in [6, 6.07) is 7.02. The SMILES string of the molecule is Cc1ccc(CN2CCN[C@H](C(=O)NC3CC3)C2)cc1C. The number of aryl methyl sites for hydroxylation is 2. The molecule has 4 nitrogen and oxygen atoms in total. The largest absolute Gasteiger partial charge is 0.352 e. The lowest BCUT2D eigenvalue weighted by Gasteiger charge is -2.33. The number of nitrogens with zero attached hydrogens (tertiary/aromatic N) is 1. The van der Waals surface area contributed by atoms with Crippen molar-refractivity contribution in [2.75, 3.05) is 19.6 Å². The number of carbonyl (C=O) groups excluding carboxylic acids is 1. The molecule has 1 aliphatic heterocycles. The van der Waals surface area contributed by atoms with Gasteiger partial charge in [-0.15, -0.1) is 0 Å². The molecule has 1 saturated heterocycles. The quantitative estimate of drug-likeness (QED) is 0.879. The Bertz CT molecular complexity index is 525. The van der Waals surface area contributed by atoms with Crippen LogP contribution in [0.3, 0.4) is 0 Å². The highest BCUT2D eigenvalue weighted by atomic mass is 16.2. The zero-order chi connectivity index (χ0) is 14.8. The third-order valence-electron chi connectivity index (χ3n) is 4.48. The normalized spacial score (nSPS) is 23.0. The van der Waals surface area contributed by atoms with Crippen molar-refractivity contribution >= 4 is 5.91 Å². The summed E-state index contributed by atoms with van der Waals surface area (Å²) in [7, 11) is 0. The van der Waals surface area contributed by atoms with Crippen LogP contribution in [-0.4, -0.2) is 42.5 Å². The van der Waals surface area contributed by atoms with Gasteiger partial charge in [0, 0.05) is 32.2 Å². The van der Waals surface area contributed by atoms with Gasteiger partial charge in [-0.05, 0) is 43.4 Å². The van der Waals surface area contributed by atoms with Crippen molar-refractivity contribution in [2.24, 2.45) is 0 Å². The fourth-order valence-electron chi connectivity index (χ4n) is 2.82. The van der Waals surface area contributed by atoms with E-state index in [0.717, 1.165) is 39.0 Å². The first kappa shape index (κ1) is 14.5. The van der Waals surface area contributed by atoms with E-state index in [-0.39, 0.29) is 11.9 Å². The highest BCUT2D eigenvalue weighted by molar-refractivity contribution is 5.82. The summed E-state index contributed by atoms with van der Waals surface area (Å²) >= 11 is 0. The number of rotatable bonds is 4. The Balaban J connectivity index is 1.57. The van der Waals surface area contributed by atoms with Crippen molar-refractivity contribution < 1.29 is 4.79 Å². The monoisotopic (exact) mass is 287 g/mol. The summed E-state index contributed by atoms with van der Waals surface area (Å²) in [5, 5.41) is 6.43. The van der Waals surface area contributed by atoms with E-state index in [0.29, 0.717) is 6.04 Å². The number of nitrogens with one attached hydrogen (secondary N) is 2. The number of benzene rings is 1. The maximum Gasteiger partial charge on any atom is 0.238 e. The molecular weight excluding hydrogens is 262 g/mol. The van der Waals surface area contributed by atoms with Gasteiger partial charge in [0.05, 0.1) is 6.04 Å². The molecule has 1 saturated carbocycles. The second kappa shape index (κ2) is 6.16. The second-order valence-corrected chi connectivity index (χ2v) is 6.44. The van der Waals surface area contributed by atoms with E-state index in [4.69, 9.17) is 0 Å². The number of piperazine rings is 1. The van der Waals surface area contributed by atoms with Gasteiger partial charge in [-0.25, -0.2) is 0 Å². The van der Waals surface area contributed by atoms with Crippen molar-refractivity contribution in [3.8, 4) is 0 Å². The van der Waals surface area contributed by atoms with Crippen LogP contribution in [0.2, 0.25) is 0 Å². The summed E-state index contributed by atoms with van der Waals surface area (Å²) in [5.41, 5.74) is 4.01. The van der Waals surface area contributed by atoms with Crippen molar-refractivity contribution in [2.45, 2.75) is 45.3 Å². The summed E-state index contributed by atoms with van der Waals surface area (Å²) in [4.78, 5) is 14.5. The Morgan fingerprint density at radius 3 is 2.86 bits per heavy atom. The maximum atomic E-state index is 12.1. The van der Waals surface area contributed by atoms with Crippen LogP contribution in [0.25, 0.3) is 0 Å². The molecule has 1 aliphatic carbocycles. The summed E-state index contributed by atoms with van der Waals surface area (Å²) in [6.45, 7) is 7.90. The predicted molar refractivity (Wildman–Crippen MR) is 84.1 cm³/mol. The Morgan fingerprint density at radius 1 is 1.33 bits per heavy atom. The van der Waals surface area contributed by atoms with Crippen LogP contribution in [0, 0.1) is 13.8 Å². The van der Waals surface area contributed by atoms with E-state index in [9.17, 15) is 4.79 Å². The van der Waals surface area contributed by atoms with Gasteiger partial charge in [0.2, 0.25) is 5.91 Å². The third-order valence-corrected chi connectivity index (χ3v) is 4.48. The molecule has 1 amide bonds. The van der Waals surface area contributed by atoms with Crippen LogP contribution in [-0.2, 0) is 11.3 Å². The molecule has 0 radical (unpaired) electrons. The highest BCUT2D eigenvalue weighted by Gasteiger charge is 2.30. The highest BCUT2D eigenvalue weighted by Crippen LogP contribution is 2.19. The van der Waals surface area contributed by atoms with Crippen LogP contribution < -0.4 is 10.6 Å². The first-order valence-electron chi connectivity index (χ1n) is 7.94. The molecule has 0 aromatic heterocycles. The molecule has 4 heteroatoms. The van der Waals surface area contributed by atoms with Gasteiger partial charge in [-0.3, -0.25) is 9.69 Å². The fraction of sp³-hybridized carbons (Fsp3) is 0.588. The molecule has 3 rings (SSSR count). The molecule has 1 aromatic carbocycles. The number of hydrogen-bond acceptors (Lipinski definition) is 3. The van der Waals surface area contributed by atoms with Crippen molar-refractivity contribution in [3.05, 3.63) is 34.9 Å². The van der Waals surface area contributed by atoms with E-state index in [1.165, 1.54) is 16.7 Å². The molecule has 21 heavy (non-hydrogen) atoms. The fourth-order valence-corrected chi connectivity index (χ4v) is 2.82. The third kappa shape index (κ3) is 3.83. The molecule has 0 spiro atoms. The van der Waals surface area contributed by atoms with Gasteiger partial charge in [0.25, 0.3) is 0 Å². The van der Waals surface area contributed by atoms with Crippen LogP contribution >= 0.6 is 0 Å².